The van der Waals surface area contributed by atoms with Crippen molar-refractivity contribution in [2.75, 3.05) is 13.2 Å². The summed E-state index contributed by atoms with van der Waals surface area (Å²) < 4.78 is 16.4. The molecule has 1 aliphatic rings. The summed E-state index contributed by atoms with van der Waals surface area (Å²) in [5.41, 5.74) is -0.362. The lowest BCUT2D eigenvalue weighted by atomic mass is 9.93. The number of esters is 1. The molecule has 1 rings (SSSR count). The van der Waals surface area contributed by atoms with Gasteiger partial charge >= 0.3 is 5.97 Å². The van der Waals surface area contributed by atoms with Gasteiger partial charge in [0, 0.05) is 5.57 Å². The van der Waals surface area contributed by atoms with Crippen LogP contribution in [0.3, 0.4) is 0 Å². The Morgan fingerprint density at radius 3 is 2.41 bits per heavy atom. The van der Waals surface area contributed by atoms with Gasteiger partial charge in [-0.3, -0.25) is 0 Å². The standard InChI is InChI=1S/C13H22O4/c1-9(2)8-13(5,12-15-6-7-16-12)17-11(14)10(3)4/h9,12H,3,6-8H2,1-2,4-5H3. The van der Waals surface area contributed by atoms with E-state index in [9.17, 15) is 4.79 Å². The number of hydrogen-bond donors (Lipinski definition) is 0. The van der Waals surface area contributed by atoms with Gasteiger partial charge in [-0.1, -0.05) is 20.4 Å². The fourth-order valence-electron chi connectivity index (χ4n) is 2.01. The molecule has 0 spiro atoms. The number of ether oxygens (including phenoxy) is 3. The molecule has 4 nitrogen and oxygen atoms in total. The van der Waals surface area contributed by atoms with E-state index in [0.717, 1.165) is 0 Å². The first-order valence-corrected chi connectivity index (χ1v) is 5.97. The van der Waals surface area contributed by atoms with Gasteiger partial charge in [-0.2, -0.15) is 0 Å². The third-order valence-electron chi connectivity index (χ3n) is 2.61. The summed E-state index contributed by atoms with van der Waals surface area (Å²) >= 11 is 0. The van der Waals surface area contributed by atoms with E-state index in [-0.39, 0.29) is 0 Å². The van der Waals surface area contributed by atoms with Gasteiger partial charge in [0.05, 0.1) is 13.2 Å². The summed E-state index contributed by atoms with van der Waals surface area (Å²) in [6.45, 7) is 12.3. The highest BCUT2D eigenvalue weighted by Gasteiger charge is 2.42. The van der Waals surface area contributed by atoms with Crippen molar-refractivity contribution in [1.82, 2.24) is 0 Å². The quantitative estimate of drug-likeness (QED) is 0.548. The van der Waals surface area contributed by atoms with Crippen LogP contribution >= 0.6 is 0 Å². The van der Waals surface area contributed by atoms with Crippen molar-refractivity contribution in [2.24, 2.45) is 5.92 Å². The molecule has 0 N–H and O–H groups in total. The predicted octanol–water partition coefficient (Wildman–Crippen LogP) is 2.28. The van der Waals surface area contributed by atoms with E-state index in [1.807, 2.05) is 6.92 Å². The number of carbonyl (C=O) groups excluding carboxylic acids is 1. The highest BCUT2D eigenvalue weighted by Crippen LogP contribution is 2.30. The van der Waals surface area contributed by atoms with Crippen LogP contribution in [0.1, 0.15) is 34.1 Å². The fraction of sp³-hybridized carbons (Fsp3) is 0.769. The number of hydrogen-bond acceptors (Lipinski definition) is 4. The zero-order chi connectivity index (χ0) is 13.1. The zero-order valence-electron chi connectivity index (χ0n) is 11.1. The van der Waals surface area contributed by atoms with Gasteiger partial charge in [-0.25, -0.2) is 4.79 Å². The Bertz CT molecular complexity index is 292. The van der Waals surface area contributed by atoms with Gasteiger partial charge in [0.2, 0.25) is 0 Å². The second kappa shape index (κ2) is 5.65. The minimum Gasteiger partial charge on any atom is -0.451 e. The van der Waals surface area contributed by atoms with Crippen LogP contribution in [0.2, 0.25) is 0 Å². The first-order chi connectivity index (χ1) is 7.85. The molecular formula is C13H22O4. The molecule has 1 unspecified atom stereocenters. The fourth-order valence-corrected chi connectivity index (χ4v) is 2.01. The Kier molecular flexibility index (Phi) is 4.71. The lowest BCUT2D eigenvalue weighted by Gasteiger charge is -2.34. The Hall–Kier alpha value is -0.870. The maximum atomic E-state index is 11.7. The third-order valence-corrected chi connectivity index (χ3v) is 2.61. The molecule has 0 aromatic heterocycles. The van der Waals surface area contributed by atoms with Crippen LogP contribution in [0, 0.1) is 5.92 Å². The van der Waals surface area contributed by atoms with Crippen molar-refractivity contribution in [3.05, 3.63) is 12.2 Å². The molecule has 0 aromatic carbocycles. The molecule has 1 atom stereocenters. The molecule has 0 amide bonds. The van der Waals surface area contributed by atoms with Crippen LogP contribution in [0.25, 0.3) is 0 Å². The maximum absolute atomic E-state index is 11.7. The van der Waals surface area contributed by atoms with Crippen LogP contribution in [0.4, 0.5) is 0 Å². The van der Waals surface area contributed by atoms with E-state index < -0.39 is 17.9 Å². The zero-order valence-corrected chi connectivity index (χ0v) is 11.1. The summed E-state index contributed by atoms with van der Waals surface area (Å²) in [5.74, 6) is -0.0158. The normalized spacial score (nSPS) is 20.3. The van der Waals surface area contributed by atoms with Gasteiger partial charge in [0.1, 0.15) is 0 Å². The monoisotopic (exact) mass is 242 g/mol. The van der Waals surface area contributed by atoms with Crippen LogP contribution in [-0.2, 0) is 19.0 Å². The molecule has 98 valence electrons. The molecule has 0 bridgehead atoms. The summed E-state index contributed by atoms with van der Waals surface area (Å²) in [7, 11) is 0. The lowest BCUT2D eigenvalue weighted by Crippen LogP contribution is -2.45. The Morgan fingerprint density at radius 2 is 2.00 bits per heavy atom. The Balaban J connectivity index is 2.77. The maximum Gasteiger partial charge on any atom is 0.333 e. The molecule has 0 saturated carbocycles. The average Bonchev–Trinajstić information content (AvgIpc) is 2.68. The lowest BCUT2D eigenvalue weighted by molar-refractivity contribution is -0.206. The predicted molar refractivity (Wildman–Crippen MR) is 64.5 cm³/mol. The van der Waals surface area contributed by atoms with Gasteiger partial charge in [0.15, 0.2) is 11.9 Å². The van der Waals surface area contributed by atoms with Crippen molar-refractivity contribution in [2.45, 2.75) is 46.0 Å². The van der Waals surface area contributed by atoms with E-state index >= 15 is 0 Å². The number of carbonyl (C=O) groups is 1. The van der Waals surface area contributed by atoms with Crippen molar-refractivity contribution in [3.63, 3.8) is 0 Å². The SMILES string of the molecule is C=C(C)C(=O)OC(C)(CC(C)C)C1OCCO1. The number of rotatable bonds is 5. The summed E-state index contributed by atoms with van der Waals surface area (Å²) in [6.07, 6.45) is 0.213. The second-order valence-electron chi connectivity index (χ2n) is 5.15. The molecule has 1 fully saturated rings. The second-order valence-corrected chi connectivity index (χ2v) is 5.15. The van der Waals surface area contributed by atoms with Crippen LogP contribution in [0.15, 0.2) is 12.2 Å². The Morgan fingerprint density at radius 1 is 1.47 bits per heavy atom. The molecule has 17 heavy (non-hydrogen) atoms. The molecule has 1 saturated heterocycles. The molecule has 4 heteroatoms. The molecular weight excluding hydrogens is 220 g/mol. The molecule has 1 heterocycles. The van der Waals surface area contributed by atoms with E-state index in [1.54, 1.807) is 6.92 Å². The smallest absolute Gasteiger partial charge is 0.333 e. The Labute approximate surface area is 103 Å². The first kappa shape index (κ1) is 14.2. The highest BCUT2D eigenvalue weighted by molar-refractivity contribution is 5.87. The van der Waals surface area contributed by atoms with Crippen molar-refractivity contribution in [1.29, 1.82) is 0 Å². The van der Waals surface area contributed by atoms with E-state index in [2.05, 4.69) is 20.4 Å². The summed E-state index contributed by atoms with van der Waals surface area (Å²) in [5, 5.41) is 0. The van der Waals surface area contributed by atoms with Gasteiger partial charge < -0.3 is 14.2 Å². The van der Waals surface area contributed by atoms with E-state index in [4.69, 9.17) is 14.2 Å². The van der Waals surface area contributed by atoms with E-state index in [1.165, 1.54) is 0 Å². The molecule has 1 aliphatic heterocycles. The molecule has 0 aliphatic carbocycles. The summed E-state index contributed by atoms with van der Waals surface area (Å²) in [6, 6.07) is 0. The average molecular weight is 242 g/mol. The van der Waals surface area contributed by atoms with Gasteiger partial charge in [0.25, 0.3) is 0 Å². The van der Waals surface area contributed by atoms with Crippen LogP contribution in [0.5, 0.6) is 0 Å². The molecule has 0 aromatic rings. The minimum atomic E-state index is -0.749. The van der Waals surface area contributed by atoms with Crippen molar-refractivity contribution in [3.8, 4) is 0 Å². The van der Waals surface area contributed by atoms with Crippen LogP contribution < -0.4 is 0 Å². The minimum absolute atomic E-state index is 0.380. The third kappa shape index (κ3) is 3.82. The van der Waals surface area contributed by atoms with Gasteiger partial charge in [-0.05, 0) is 26.2 Å². The summed E-state index contributed by atoms with van der Waals surface area (Å²) in [4.78, 5) is 11.7. The van der Waals surface area contributed by atoms with Crippen molar-refractivity contribution < 1.29 is 19.0 Å². The van der Waals surface area contributed by atoms with Crippen LogP contribution in [-0.4, -0.2) is 31.1 Å². The van der Waals surface area contributed by atoms with E-state index in [0.29, 0.717) is 31.1 Å². The topological polar surface area (TPSA) is 44.8 Å². The first-order valence-electron chi connectivity index (χ1n) is 5.97. The largest absolute Gasteiger partial charge is 0.451 e. The highest BCUT2D eigenvalue weighted by atomic mass is 16.7. The van der Waals surface area contributed by atoms with Crippen molar-refractivity contribution >= 4 is 5.97 Å². The van der Waals surface area contributed by atoms with Gasteiger partial charge in [-0.15, -0.1) is 0 Å². The molecule has 0 radical (unpaired) electrons.